The molecular formula is C28H22FO4P. The summed E-state index contributed by atoms with van der Waals surface area (Å²) in [5.41, 5.74) is 2.01. The molecule has 0 saturated carbocycles. The van der Waals surface area contributed by atoms with Gasteiger partial charge in [0.2, 0.25) is 0 Å². The standard InChI is InChI=1S/C28H22FO4P/c1-31-25-16-27(28(32-2)23-15-18-13-19(29)12-11-17(18)14-22(23)25)34(30)26-10-6-4-8-21(26)20-7-3-5-9-24(20)33-34/h4-6,8-16H,3,7H2,1-2H3. The monoisotopic (exact) mass is 472 g/mol. The fraction of sp³-hybridized carbons (Fsp3) is 0.143. The summed E-state index contributed by atoms with van der Waals surface area (Å²) in [6, 6.07) is 17.9. The van der Waals surface area contributed by atoms with E-state index in [0.717, 1.165) is 34.8 Å². The number of halogens is 1. The quantitative estimate of drug-likeness (QED) is 0.253. The van der Waals surface area contributed by atoms with E-state index in [0.29, 0.717) is 38.6 Å². The molecule has 2 aliphatic rings. The van der Waals surface area contributed by atoms with E-state index in [2.05, 4.69) is 0 Å². The van der Waals surface area contributed by atoms with Gasteiger partial charge in [0.05, 0.1) is 24.8 Å². The van der Waals surface area contributed by atoms with Gasteiger partial charge in [-0.3, -0.25) is 4.57 Å². The second kappa shape index (κ2) is 7.75. The molecule has 4 nitrogen and oxygen atoms in total. The Bertz CT molecular complexity index is 1600. The van der Waals surface area contributed by atoms with Crippen LogP contribution in [0.4, 0.5) is 4.39 Å². The minimum atomic E-state index is -3.60. The number of ether oxygens (including phenoxy) is 2. The van der Waals surface area contributed by atoms with Crippen LogP contribution in [-0.4, -0.2) is 14.2 Å². The molecule has 1 aliphatic carbocycles. The van der Waals surface area contributed by atoms with Crippen molar-refractivity contribution < 1.29 is 23.0 Å². The van der Waals surface area contributed by atoms with Gasteiger partial charge in [0, 0.05) is 16.3 Å². The molecule has 0 N–H and O–H groups in total. The Labute approximate surface area is 196 Å². The molecule has 1 aliphatic heterocycles. The Morgan fingerprint density at radius 3 is 2.56 bits per heavy atom. The van der Waals surface area contributed by atoms with Crippen molar-refractivity contribution in [2.75, 3.05) is 14.2 Å². The van der Waals surface area contributed by atoms with Crippen molar-refractivity contribution in [2.45, 2.75) is 12.8 Å². The summed E-state index contributed by atoms with van der Waals surface area (Å²) < 4.78 is 46.8. The zero-order valence-electron chi connectivity index (χ0n) is 18.8. The molecule has 1 heterocycles. The highest BCUT2D eigenvalue weighted by Crippen LogP contribution is 2.57. The van der Waals surface area contributed by atoms with Gasteiger partial charge in [-0.1, -0.05) is 30.3 Å². The third-order valence-electron chi connectivity index (χ3n) is 6.59. The highest BCUT2D eigenvalue weighted by atomic mass is 31.2. The van der Waals surface area contributed by atoms with Crippen LogP contribution in [0.5, 0.6) is 11.5 Å². The van der Waals surface area contributed by atoms with Gasteiger partial charge in [0.25, 0.3) is 0 Å². The fourth-order valence-electron chi connectivity index (χ4n) is 5.01. The van der Waals surface area contributed by atoms with Crippen molar-refractivity contribution in [3.63, 3.8) is 0 Å². The summed E-state index contributed by atoms with van der Waals surface area (Å²) in [6.45, 7) is 0. The molecular weight excluding hydrogens is 450 g/mol. The van der Waals surface area contributed by atoms with Crippen LogP contribution in [-0.2, 0) is 9.09 Å². The second-order valence-corrected chi connectivity index (χ2v) is 10.7. The third-order valence-corrected chi connectivity index (χ3v) is 9.04. The van der Waals surface area contributed by atoms with Crippen LogP contribution in [0.2, 0.25) is 0 Å². The van der Waals surface area contributed by atoms with E-state index >= 15 is 0 Å². The normalized spacial score (nSPS) is 19.0. The maximum atomic E-state index is 14.8. The molecule has 1 unspecified atom stereocenters. The predicted octanol–water partition coefficient (Wildman–Crippen LogP) is 6.47. The van der Waals surface area contributed by atoms with E-state index in [9.17, 15) is 8.96 Å². The molecule has 6 heteroatoms. The largest absolute Gasteiger partial charge is 0.496 e. The lowest BCUT2D eigenvalue weighted by atomic mass is 9.96. The Morgan fingerprint density at radius 1 is 0.912 bits per heavy atom. The Balaban J connectivity index is 1.69. The zero-order chi connectivity index (χ0) is 23.4. The highest BCUT2D eigenvalue weighted by Gasteiger charge is 2.41. The Morgan fingerprint density at radius 2 is 1.74 bits per heavy atom. The molecule has 0 fully saturated rings. The van der Waals surface area contributed by atoms with Crippen molar-refractivity contribution in [3.05, 3.63) is 90.0 Å². The lowest BCUT2D eigenvalue weighted by Gasteiger charge is -2.32. The predicted molar refractivity (Wildman–Crippen MR) is 134 cm³/mol. The molecule has 34 heavy (non-hydrogen) atoms. The summed E-state index contributed by atoms with van der Waals surface area (Å²) in [5.74, 6) is 1.29. The van der Waals surface area contributed by atoms with Crippen molar-refractivity contribution in [2.24, 2.45) is 0 Å². The number of hydrogen-bond acceptors (Lipinski definition) is 4. The van der Waals surface area contributed by atoms with Crippen LogP contribution in [0.25, 0.3) is 27.1 Å². The van der Waals surface area contributed by atoms with Crippen molar-refractivity contribution in [3.8, 4) is 11.5 Å². The maximum Gasteiger partial charge on any atom is 0.311 e. The first-order valence-electron chi connectivity index (χ1n) is 11.1. The van der Waals surface area contributed by atoms with E-state index in [1.165, 1.54) is 12.1 Å². The molecule has 6 rings (SSSR count). The lowest BCUT2D eigenvalue weighted by Crippen LogP contribution is -2.26. The van der Waals surface area contributed by atoms with E-state index < -0.39 is 7.37 Å². The molecule has 0 aromatic heterocycles. The minimum absolute atomic E-state index is 0.324. The van der Waals surface area contributed by atoms with Gasteiger partial charge in [-0.15, -0.1) is 0 Å². The average Bonchev–Trinajstić information content (AvgIpc) is 2.86. The summed E-state index contributed by atoms with van der Waals surface area (Å²) in [4.78, 5) is 0. The third kappa shape index (κ3) is 3.00. The fourth-order valence-corrected chi connectivity index (χ4v) is 7.49. The first-order valence-corrected chi connectivity index (χ1v) is 12.7. The van der Waals surface area contributed by atoms with E-state index in [1.54, 1.807) is 26.4 Å². The van der Waals surface area contributed by atoms with Gasteiger partial charge in [0.15, 0.2) is 0 Å². The van der Waals surface area contributed by atoms with Gasteiger partial charge >= 0.3 is 7.37 Å². The van der Waals surface area contributed by atoms with Crippen LogP contribution < -0.4 is 20.1 Å². The van der Waals surface area contributed by atoms with Crippen LogP contribution in [0.3, 0.4) is 0 Å². The summed E-state index contributed by atoms with van der Waals surface area (Å²) in [7, 11) is -0.473. The lowest BCUT2D eigenvalue weighted by molar-refractivity contribution is 0.407. The van der Waals surface area contributed by atoms with Gasteiger partial charge in [-0.25, -0.2) is 4.39 Å². The van der Waals surface area contributed by atoms with Crippen molar-refractivity contribution in [1.82, 2.24) is 0 Å². The maximum absolute atomic E-state index is 14.8. The molecule has 4 aromatic carbocycles. The van der Waals surface area contributed by atoms with Crippen molar-refractivity contribution >= 4 is 45.1 Å². The zero-order valence-corrected chi connectivity index (χ0v) is 19.7. The van der Waals surface area contributed by atoms with Gasteiger partial charge < -0.3 is 14.0 Å². The molecule has 0 radical (unpaired) electrons. The average molecular weight is 472 g/mol. The molecule has 0 saturated heterocycles. The molecule has 1 atom stereocenters. The second-order valence-electron chi connectivity index (χ2n) is 8.46. The smallest absolute Gasteiger partial charge is 0.311 e. The minimum Gasteiger partial charge on any atom is -0.496 e. The van der Waals surface area contributed by atoms with E-state index in [4.69, 9.17) is 14.0 Å². The van der Waals surface area contributed by atoms with Crippen molar-refractivity contribution in [1.29, 1.82) is 0 Å². The number of rotatable bonds is 3. The summed E-state index contributed by atoms with van der Waals surface area (Å²) in [6.07, 6.45) is 5.69. The Kier molecular flexibility index (Phi) is 4.79. The SMILES string of the molecule is COc1cc(P2(=O)OC3=C(CCC=C3)c3ccccc32)c(OC)c2cc3cc(F)ccc3cc12. The number of allylic oxidation sites excluding steroid dienone is 3. The van der Waals surface area contributed by atoms with Gasteiger partial charge in [-0.2, -0.15) is 0 Å². The van der Waals surface area contributed by atoms with E-state index in [1.807, 2.05) is 48.6 Å². The van der Waals surface area contributed by atoms with Gasteiger partial charge in [-0.05, 0) is 71.7 Å². The number of fused-ring (bicyclic) bond motifs is 4. The summed E-state index contributed by atoms with van der Waals surface area (Å²) >= 11 is 0. The molecule has 0 bridgehead atoms. The molecule has 0 amide bonds. The van der Waals surface area contributed by atoms with Crippen LogP contribution in [0.1, 0.15) is 18.4 Å². The van der Waals surface area contributed by atoms with Crippen LogP contribution in [0, 0.1) is 5.82 Å². The first-order chi connectivity index (χ1) is 16.5. The first kappa shape index (κ1) is 21.0. The summed E-state index contributed by atoms with van der Waals surface area (Å²) in [5, 5.41) is 4.13. The van der Waals surface area contributed by atoms with E-state index in [-0.39, 0.29) is 5.82 Å². The van der Waals surface area contributed by atoms with Crippen LogP contribution >= 0.6 is 7.37 Å². The van der Waals surface area contributed by atoms with Gasteiger partial charge in [0.1, 0.15) is 23.1 Å². The molecule has 4 aromatic rings. The highest BCUT2D eigenvalue weighted by molar-refractivity contribution is 7.75. The Hall–Kier alpha value is -3.56. The molecule has 170 valence electrons. The topological polar surface area (TPSA) is 44.8 Å². The number of methoxy groups -OCH3 is 2. The van der Waals surface area contributed by atoms with Crippen LogP contribution in [0.15, 0.2) is 78.6 Å². The number of hydrogen-bond donors (Lipinski definition) is 0. The number of benzene rings is 4. The molecule has 0 spiro atoms.